The normalized spacial score (nSPS) is 45.1. The van der Waals surface area contributed by atoms with Gasteiger partial charge >= 0.3 is 0 Å². The lowest BCUT2D eigenvalue weighted by Crippen LogP contribution is -2.44. The molecule has 4 saturated carbocycles. The van der Waals surface area contributed by atoms with E-state index in [0.29, 0.717) is 11.7 Å². The zero-order chi connectivity index (χ0) is 10.7. The predicted molar refractivity (Wildman–Crippen MR) is 60.6 cm³/mol. The Bertz CT molecular complexity index is 383. The van der Waals surface area contributed by atoms with E-state index in [1.807, 2.05) is 0 Å². The lowest BCUT2D eigenvalue weighted by Gasteiger charge is -2.53. The Morgan fingerprint density at radius 3 is 2.06 bits per heavy atom. The summed E-state index contributed by atoms with van der Waals surface area (Å²) in [6.45, 7) is 0. The van der Waals surface area contributed by atoms with Gasteiger partial charge in [0, 0.05) is 5.92 Å². The van der Waals surface area contributed by atoms with E-state index < -0.39 is 0 Å². The molecule has 16 heavy (non-hydrogen) atoms. The van der Waals surface area contributed by atoms with Crippen molar-refractivity contribution in [3.8, 4) is 0 Å². The number of nitrogen functional groups attached to an aromatic ring is 1. The second kappa shape index (κ2) is 2.99. The summed E-state index contributed by atoms with van der Waals surface area (Å²) in [5, 5.41) is 11.0. The van der Waals surface area contributed by atoms with Crippen LogP contribution in [-0.2, 0) is 0 Å². The Balaban J connectivity index is 1.72. The molecule has 0 radical (unpaired) electrons. The number of nitrogens with two attached hydrogens (primary N) is 1. The average molecular weight is 218 g/mol. The van der Waals surface area contributed by atoms with Crippen LogP contribution in [0.15, 0.2) is 0 Å². The third kappa shape index (κ3) is 1.10. The van der Waals surface area contributed by atoms with E-state index >= 15 is 0 Å². The molecule has 0 aliphatic heterocycles. The SMILES string of the molecule is Nc1n[nH]nc1C1C2CC3CC(C2)CC1C3. The van der Waals surface area contributed by atoms with Gasteiger partial charge in [-0.25, -0.2) is 0 Å². The van der Waals surface area contributed by atoms with Crippen LogP contribution in [0.5, 0.6) is 0 Å². The van der Waals surface area contributed by atoms with Crippen LogP contribution >= 0.6 is 0 Å². The second-order valence-corrected chi connectivity index (χ2v) is 6.05. The fourth-order valence-corrected chi connectivity index (χ4v) is 4.86. The summed E-state index contributed by atoms with van der Waals surface area (Å²) in [6.07, 6.45) is 7.12. The first-order valence-electron chi connectivity index (χ1n) is 6.47. The molecule has 0 saturated heterocycles. The average Bonchev–Trinajstić information content (AvgIpc) is 2.63. The van der Waals surface area contributed by atoms with Gasteiger partial charge in [0.2, 0.25) is 0 Å². The number of aromatic nitrogens is 3. The molecule has 0 aromatic carbocycles. The fraction of sp³-hybridized carbons (Fsp3) is 0.833. The highest BCUT2D eigenvalue weighted by Crippen LogP contribution is 2.59. The Labute approximate surface area is 95.0 Å². The largest absolute Gasteiger partial charge is 0.381 e. The Hall–Kier alpha value is -1.06. The van der Waals surface area contributed by atoms with Crippen molar-refractivity contribution < 1.29 is 0 Å². The van der Waals surface area contributed by atoms with Crippen molar-refractivity contribution in [1.82, 2.24) is 15.4 Å². The lowest BCUT2D eigenvalue weighted by atomic mass is 9.51. The van der Waals surface area contributed by atoms with Crippen molar-refractivity contribution in [3.05, 3.63) is 5.69 Å². The van der Waals surface area contributed by atoms with Crippen molar-refractivity contribution in [3.63, 3.8) is 0 Å². The molecule has 0 spiro atoms. The summed E-state index contributed by atoms with van der Waals surface area (Å²) < 4.78 is 0. The molecule has 4 aliphatic rings. The second-order valence-electron chi connectivity index (χ2n) is 6.05. The van der Waals surface area contributed by atoms with Gasteiger partial charge in [-0.2, -0.15) is 10.3 Å². The van der Waals surface area contributed by atoms with Crippen LogP contribution in [0.2, 0.25) is 0 Å². The molecule has 1 aromatic rings. The Morgan fingerprint density at radius 2 is 1.56 bits per heavy atom. The molecule has 86 valence electrons. The van der Waals surface area contributed by atoms with Crippen LogP contribution in [0.1, 0.15) is 43.7 Å². The van der Waals surface area contributed by atoms with Gasteiger partial charge in [-0.15, -0.1) is 5.10 Å². The number of hydrogen-bond acceptors (Lipinski definition) is 3. The molecule has 0 amide bonds. The summed E-state index contributed by atoms with van der Waals surface area (Å²) in [6, 6.07) is 0. The summed E-state index contributed by atoms with van der Waals surface area (Å²) >= 11 is 0. The van der Waals surface area contributed by atoms with Crippen LogP contribution in [0.4, 0.5) is 5.82 Å². The van der Waals surface area contributed by atoms with E-state index in [9.17, 15) is 0 Å². The first-order valence-corrected chi connectivity index (χ1v) is 6.47. The van der Waals surface area contributed by atoms with Gasteiger partial charge in [0.15, 0.2) is 5.82 Å². The monoisotopic (exact) mass is 218 g/mol. The van der Waals surface area contributed by atoms with Crippen LogP contribution in [0, 0.1) is 23.7 Å². The molecule has 4 heteroatoms. The van der Waals surface area contributed by atoms with Crippen molar-refractivity contribution in [2.75, 3.05) is 5.73 Å². The summed E-state index contributed by atoms with van der Waals surface area (Å²) in [5.74, 6) is 4.93. The minimum atomic E-state index is 0.603. The minimum absolute atomic E-state index is 0.603. The van der Waals surface area contributed by atoms with Gasteiger partial charge in [0.05, 0.1) is 0 Å². The van der Waals surface area contributed by atoms with Crippen molar-refractivity contribution in [2.45, 2.75) is 38.0 Å². The van der Waals surface area contributed by atoms with Crippen molar-refractivity contribution >= 4 is 5.82 Å². The Morgan fingerprint density at radius 1 is 0.938 bits per heavy atom. The zero-order valence-electron chi connectivity index (χ0n) is 9.39. The fourth-order valence-electron chi connectivity index (χ4n) is 4.86. The maximum atomic E-state index is 5.92. The molecule has 0 unspecified atom stereocenters. The number of aromatic amines is 1. The van der Waals surface area contributed by atoms with E-state index in [-0.39, 0.29) is 0 Å². The molecule has 3 N–H and O–H groups in total. The summed E-state index contributed by atoms with van der Waals surface area (Å²) in [4.78, 5) is 0. The number of hydrogen-bond donors (Lipinski definition) is 2. The molecule has 4 fully saturated rings. The first-order chi connectivity index (χ1) is 7.81. The van der Waals surface area contributed by atoms with E-state index in [4.69, 9.17) is 5.73 Å². The molecule has 4 aliphatic carbocycles. The van der Waals surface area contributed by atoms with Gasteiger partial charge in [-0.05, 0) is 55.8 Å². The van der Waals surface area contributed by atoms with E-state index in [1.54, 1.807) is 0 Å². The predicted octanol–water partition coefficient (Wildman–Crippen LogP) is 1.93. The third-order valence-corrected chi connectivity index (χ3v) is 5.15. The molecule has 4 bridgehead atoms. The van der Waals surface area contributed by atoms with Gasteiger partial charge in [-0.3, -0.25) is 0 Å². The van der Waals surface area contributed by atoms with E-state index in [1.165, 1.54) is 32.1 Å². The number of H-pyrrole nitrogens is 1. The maximum absolute atomic E-state index is 5.92. The van der Waals surface area contributed by atoms with Gasteiger partial charge in [-0.1, -0.05) is 0 Å². The van der Waals surface area contributed by atoms with Crippen molar-refractivity contribution in [1.29, 1.82) is 0 Å². The topological polar surface area (TPSA) is 67.6 Å². The molecule has 5 rings (SSSR count). The molecular formula is C12H18N4. The standard InChI is InChI=1S/C12H18N4/c13-12-11(14-16-15-12)10-8-2-6-1-7(4-8)5-9(10)3-6/h6-10H,1-5H2,(H3,13,14,15,16). The molecule has 1 aromatic heterocycles. The number of nitrogens with zero attached hydrogens (tertiary/aromatic N) is 2. The molecule has 0 atom stereocenters. The number of rotatable bonds is 1. The lowest BCUT2D eigenvalue weighted by molar-refractivity contribution is -0.00394. The zero-order valence-corrected chi connectivity index (χ0v) is 9.39. The van der Waals surface area contributed by atoms with Crippen molar-refractivity contribution in [2.24, 2.45) is 23.7 Å². The maximum Gasteiger partial charge on any atom is 0.169 e. The highest BCUT2D eigenvalue weighted by molar-refractivity contribution is 5.36. The van der Waals surface area contributed by atoms with Crippen LogP contribution < -0.4 is 5.73 Å². The molecular weight excluding hydrogens is 200 g/mol. The van der Waals surface area contributed by atoms with Crippen LogP contribution in [0.3, 0.4) is 0 Å². The molecule has 4 nitrogen and oxygen atoms in total. The first kappa shape index (κ1) is 9.02. The van der Waals surface area contributed by atoms with Crippen LogP contribution in [0.25, 0.3) is 0 Å². The quantitative estimate of drug-likeness (QED) is 0.756. The summed E-state index contributed by atoms with van der Waals surface area (Å²) in [5.41, 5.74) is 6.98. The van der Waals surface area contributed by atoms with E-state index in [0.717, 1.165) is 29.4 Å². The van der Waals surface area contributed by atoms with Gasteiger partial charge in [0.1, 0.15) is 5.69 Å². The van der Waals surface area contributed by atoms with Gasteiger partial charge < -0.3 is 5.73 Å². The minimum Gasteiger partial charge on any atom is -0.381 e. The number of anilines is 1. The molecule has 1 heterocycles. The Kier molecular flexibility index (Phi) is 1.69. The third-order valence-electron chi connectivity index (χ3n) is 5.15. The summed E-state index contributed by atoms with van der Waals surface area (Å²) in [7, 11) is 0. The van der Waals surface area contributed by atoms with Crippen LogP contribution in [-0.4, -0.2) is 15.4 Å². The van der Waals surface area contributed by atoms with Gasteiger partial charge in [0.25, 0.3) is 0 Å². The number of nitrogens with one attached hydrogen (secondary N) is 1. The smallest absolute Gasteiger partial charge is 0.169 e. The van der Waals surface area contributed by atoms with E-state index in [2.05, 4.69) is 15.4 Å². The highest BCUT2D eigenvalue weighted by atomic mass is 15.3. The highest BCUT2D eigenvalue weighted by Gasteiger charge is 2.49.